The van der Waals surface area contributed by atoms with Gasteiger partial charge in [-0.05, 0) is 81.0 Å². The maximum atomic E-state index is 13.8. The summed E-state index contributed by atoms with van der Waals surface area (Å²) in [5.41, 5.74) is 4.01. The number of carbonyl (C=O) groups excluding carboxylic acids is 2. The van der Waals surface area contributed by atoms with E-state index >= 15 is 0 Å². The van der Waals surface area contributed by atoms with Crippen molar-refractivity contribution >= 4 is 34.4 Å². The Labute approximate surface area is 242 Å². The highest BCUT2D eigenvalue weighted by Crippen LogP contribution is 2.28. The number of para-hydroxylation sites is 2. The van der Waals surface area contributed by atoms with Crippen LogP contribution in [-0.2, 0) is 11.3 Å². The summed E-state index contributed by atoms with van der Waals surface area (Å²) in [5, 5.41) is 6.52. The molecule has 2 fully saturated rings. The SMILES string of the molecule is Cc1ncc(Cl)cc1C(=O)N[C@H]1CC[C@H](Cn2c(=O)n(-c3ccc(C(=O)NC4COC4)cc3)c3ccccc32)CC1. The summed E-state index contributed by atoms with van der Waals surface area (Å²) < 4.78 is 8.70. The molecule has 212 valence electrons. The second-order valence-electron chi connectivity index (χ2n) is 10.9. The van der Waals surface area contributed by atoms with E-state index in [9.17, 15) is 14.4 Å². The molecule has 9 nitrogen and oxygen atoms in total. The maximum absolute atomic E-state index is 13.8. The topological polar surface area (TPSA) is 107 Å². The minimum absolute atomic E-state index is 0.0542. The number of nitrogens with zero attached hydrogens (tertiary/aromatic N) is 3. The van der Waals surface area contributed by atoms with Gasteiger partial charge in [-0.3, -0.25) is 23.7 Å². The van der Waals surface area contributed by atoms with Crippen molar-refractivity contribution in [3.8, 4) is 5.69 Å². The molecule has 1 aliphatic heterocycles. The van der Waals surface area contributed by atoms with Gasteiger partial charge in [-0.2, -0.15) is 0 Å². The van der Waals surface area contributed by atoms with Gasteiger partial charge in [0.1, 0.15) is 0 Å². The molecular formula is C31H32ClN5O4. The van der Waals surface area contributed by atoms with Gasteiger partial charge in [0.15, 0.2) is 0 Å². The Balaban J connectivity index is 1.15. The molecule has 6 rings (SSSR count). The summed E-state index contributed by atoms with van der Waals surface area (Å²) in [5.74, 6) is 0.0165. The van der Waals surface area contributed by atoms with E-state index in [2.05, 4.69) is 15.6 Å². The quantitative estimate of drug-likeness (QED) is 0.343. The normalized spacial score (nSPS) is 19.1. The summed E-state index contributed by atoms with van der Waals surface area (Å²) in [6.07, 6.45) is 5.03. The molecule has 2 amide bonds. The lowest BCUT2D eigenvalue weighted by molar-refractivity contribution is -0.00346. The van der Waals surface area contributed by atoms with Crippen molar-refractivity contribution in [3.63, 3.8) is 0 Å². The summed E-state index contributed by atoms with van der Waals surface area (Å²) in [7, 11) is 0. The van der Waals surface area contributed by atoms with Crippen LogP contribution in [0.25, 0.3) is 16.7 Å². The minimum Gasteiger partial charge on any atom is -0.377 e. The Hall–Kier alpha value is -3.95. The number of carbonyl (C=O) groups is 2. The number of aryl methyl sites for hydroxylation is 1. The fourth-order valence-corrected chi connectivity index (χ4v) is 5.89. The van der Waals surface area contributed by atoms with Crippen LogP contribution >= 0.6 is 11.6 Å². The van der Waals surface area contributed by atoms with Crippen molar-refractivity contribution in [3.05, 3.63) is 93.1 Å². The van der Waals surface area contributed by atoms with E-state index in [1.807, 2.05) is 41.0 Å². The second kappa shape index (κ2) is 11.5. The van der Waals surface area contributed by atoms with Crippen molar-refractivity contribution in [2.75, 3.05) is 13.2 Å². The molecule has 10 heteroatoms. The van der Waals surface area contributed by atoms with Crippen LogP contribution in [0.15, 0.2) is 65.6 Å². The molecule has 2 aliphatic rings. The average molecular weight is 574 g/mol. The van der Waals surface area contributed by atoms with Gasteiger partial charge in [0.2, 0.25) is 0 Å². The Morgan fingerprint density at radius 3 is 2.32 bits per heavy atom. The minimum atomic E-state index is -0.152. The lowest BCUT2D eigenvalue weighted by Crippen LogP contribution is -2.48. The van der Waals surface area contributed by atoms with Crippen LogP contribution in [0.3, 0.4) is 0 Å². The Kier molecular flexibility index (Phi) is 7.64. The number of nitrogens with one attached hydrogen (secondary N) is 2. The zero-order valence-electron chi connectivity index (χ0n) is 22.8. The van der Waals surface area contributed by atoms with Crippen molar-refractivity contribution in [2.24, 2.45) is 5.92 Å². The van der Waals surface area contributed by atoms with E-state index in [0.29, 0.717) is 53.2 Å². The molecule has 3 heterocycles. The molecule has 0 bridgehead atoms. The Morgan fingerprint density at radius 1 is 0.951 bits per heavy atom. The molecule has 4 aromatic rings. The van der Waals surface area contributed by atoms with Crippen LogP contribution in [0.1, 0.15) is 52.1 Å². The molecule has 1 saturated heterocycles. The molecule has 0 atom stereocenters. The van der Waals surface area contributed by atoms with Gasteiger partial charge in [-0.15, -0.1) is 0 Å². The Bertz CT molecular complexity index is 1650. The zero-order chi connectivity index (χ0) is 28.5. The molecule has 0 radical (unpaired) electrons. The number of fused-ring (bicyclic) bond motifs is 1. The van der Waals surface area contributed by atoms with Crippen LogP contribution in [0, 0.1) is 12.8 Å². The van der Waals surface area contributed by atoms with E-state index in [0.717, 1.165) is 36.7 Å². The molecule has 2 N–H and O–H groups in total. The first kappa shape index (κ1) is 27.2. The number of rotatable bonds is 7. The van der Waals surface area contributed by atoms with E-state index in [4.69, 9.17) is 16.3 Å². The Morgan fingerprint density at radius 2 is 1.63 bits per heavy atom. The number of imidazole rings is 1. The number of hydrogen-bond donors (Lipinski definition) is 2. The average Bonchev–Trinajstić information content (AvgIpc) is 3.23. The summed E-state index contributed by atoms with van der Waals surface area (Å²) >= 11 is 6.05. The van der Waals surface area contributed by atoms with Gasteiger partial charge in [-0.1, -0.05) is 23.7 Å². The number of halogens is 1. The van der Waals surface area contributed by atoms with Crippen molar-refractivity contribution in [1.82, 2.24) is 24.8 Å². The van der Waals surface area contributed by atoms with E-state index in [-0.39, 0.29) is 29.6 Å². The number of hydrogen-bond acceptors (Lipinski definition) is 5. The standard InChI is InChI=1S/C31H32ClN5O4/c1-19-26(14-22(32)15-33-19)30(39)34-23-10-6-20(7-11-23)16-36-27-4-2-3-5-28(27)37(31(36)40)25-12-8-21(9-13-25)29(38)35-24-17-41-18-24/h2-5,8-9,12-15,20,23-24H,6-7,10-11,16-18H2,1H3,(H,34,39)(H,35,38)/t20-,23-. The third-order valence-electron chi connectivity index (χ3n) is 8.12. The number of aromatic nitrogens is 3. The van der Waals surface area contributed by atoms with E-state index in [1.165, 1.54) is 0 Å². The lowest BCUT2D eigenvalue weighted by atomic mass is 9.85. The van der Waals surface area contributed by atoms with Crippen molar-refractivity contribution in [2.45, 2.75) is 51.2 Å². The van der Waals surface area contributed by atoms with Gasteiger partial charge < -0.3 is 15.4 Å². The summed E-state index contributed by atoms with van der Waals surface area (Å²) in [6, 6.07) is 16.7. The fourth-order valence-electron chi connectivity index (χ4n) is 5.73. The first-order valence-corrected chi connectivity index (χ1v) is 14.4. The van der Waals surface area contributed by atoms with Crippen LogP contribution in [-0.4, -0.2) is 51.2 Å². The largest absolute Gasteiger partial charge is 0.377 e. The molecule has 0 unspecified atom stereocenters. The van der Waals surface area contributed by atoms with E-state index in [1.54, 1.807) is 35.9 Å². The zero-order valence-corrected chi connectivity index (χ0v) is 23.6. The predicted octanol–water partition coefficient (Wildman–Crippen LogP) is 4.27. The van der Waals surface area contributed by atoms with Crippen molar-refractivity contribution < 1.29 is 14.3 Å². The maximum Gasteiger partial charge on any atom is 0.333 e. The number of benzene rings is 2. The number of ether oxygens (including phenoxy) is 1. The molecule has 2 aromatic carbocycles. The third-order valence-corrected chi connectivity index (χ3v) is 8.32. The van der Waals surface area contributed by atoms with E-state index < -0.39 is 0 Å². The summed E-state index contributed by atoms with van der Waals surface area (Å²) in [6.45, 7) is 3.48. The molecule has 0 spiro atoms. The van der Waals surface area contributed by atoms with Gasteiger partial charge in [0.25, 0.3) is 11.8 Å². The molecule has 2 aromatic heterocycles. The number of amides is 2. The van der Waals surface area contributed by atoms with Gasteiger partial charge in [0.05, 0.1) is 52.3 Å². The molecule has 1 saturated carbocycles. The van der Waals surface area contributed by atoms with Gasteiger partial charge in [0, 0.05) is 24.3 Å². The van der Waals surface area contributed by atoms with Crippen LogP contribution in [0.2, 0.25) is 5.02 Å². The highest BCUT2D eigenvalue weighted by molar-refractivity contribution is 6.30. The number of pyridine rings is 1. The smallest absolute Gasteiger partial charge is 0.333 e. The lowest BCUT2D eigenvalue weighted by Gasteiger charge is -2.29. The first-order valence-electron chi connectivity index (χ1n) is 14.0. The van der Waals surface area contributed by atoms with Gasteiger partial charge in [-0.25, -0.2) is 4.79 Å². The fraction of sp³-hybridized carbons (Fsp3) is 0.355. The highest BCUT2D eigenvalue weighted by atomic mass is 35.5. The summed E-state index contributed by atoms with van der Waals surface area (Å²) in [4.78, 5) is 43.3. The monoisotopic (exact) mass is 573 g/mol. The van der Waals surface area contributed by atoms with Crippen LogP contribution in [0.5, 0.6) is 0 Å². The second-order valence-corrected chi connectivity index (χ2v) is 11.4. The third kappa shape index (κ3) is 5.64. The molecular weight excluding hydrogens is 542 g/mol. The first-order chi connectivity index (χ1) is 19.9. The predicted molar refractivity (Wildman–Crippen MR) is 157 cm³/mol. The highest BCUT2D eigenvalue weighted by Gasteiger charge is 2.26. The molecule has 1 aliphatic carbocycles. The van der Waals surface area contributed by atoms with Crippen molar-refractivity contribution in [1.29, 1.82) is 0 Å². The van der Waals surface area contributed by atoms with Gasteiger partial charge >= 0.3 is 5.69 Å². The molecule has 41 heavy (non-hydrogen) atoms. The van der Waals surface area contributed by atoms with Crippen LogP contribution in [0.4, 0.5) is 0 Å². The van der Waals surface area contributed by atoms with Crippen LogP contribution < -0.4 is 16.3 Å².